The molecular formula is C22H20ClN3O2S. The number of fused-ring (bicyclic) bond motifs is 1. The number of nitrogens with one attached hydrogen (secondary N) is 2. The summed E-state index contributed by atoms with van der Waals surface area (Å²) in [6.45, 7) is 1.67. The van der Waals surface area contributed by atoms with Gasteiger partial charge in [0.2, 0.25) is 0 Å². The summed E-state index contributed by atoms with van der Waals surface area (Å²) in [6, 6.07) is 16.7. The first-order valence-corrected chi connectivity index (χ1v) is 10.6. The van der Waals surface area contributed by atoms with E-state index in [1.807, 2.05) is 52.7 Å². The maximum absolute atomic E-state index is 12.6. The van der Waals surface area contributed by atoms with Gasteiger partial charge in [-0.25, -0.2) is 4.79 Å². The minimum absolute atomic E-state index is 0.0599. The van der Waals surface area contributed by atoms with E-state index < -0.39 is 0 Å². The number of anilines is 1. The van der Waals surface area contributed by atoms with E-state index in [-0.39, 0.29) is 11.9 Å². The molecule has 29 heavy (non-hydrogen) atoms. The lowest BCUT2D eigenvalue weighted by Crippen LogP contribution is -2.35. The van der Waals surface area contributed by atoms with Gasteiger partial charge in [0.1, 0.15) is 0 Å². The smallest absolute Gasteiger partial charge is 0.319 e. The fraction of sp³-hybridized carbons (Fsp3) is 0.182. The molecule has 0 saturated heterocycles. The highest BCUT2D eigenvalue weighted by Gasteiger charge is 2.22. The van der Waals surface area contributed by atoms with Crippen LogP contribution in [-0.2, 0) is 19.5 Å². The Morgan fingerprint density at radius 2 is 1.90 bits per heavy atom. The molecule has 1 aliphatic rings. The van der Waals surface area contributed by atoms with Gasteiger partial charge < -0.3 is 15.5 Å². The summed E-state index contributed by atoms with van der Waals surface area (Å²) in [5.41, 5.74) is 3.96. The molecule has 0 aliphatic carbocycles. The van der Waals surface area contributed by atoms with Crippen LogP contribution in [0.3, 0.4) is 0 Å². The number of hydrogen-bond acceptors (Lipinski definition) is 3. The summed E-state index contributed by atoms with van der Waals surface area (Å²) < 4.78 is 0. The van der Waals surface area contributed by atoms with Gasteiger partial charge in [0.25, 0.3) is 5.91 Å². The molecule has 0 fully saturated rings. The number of hydrogen-bond donors (Lipinski definition) is 2. The molecule has 0 radical (unpaired) electrons. The molecule has 0 atom stereocenters. The van der Waals surface area contributed by atoms with Crippen molar-refractivity contribution in [2.45, 2.75) is 19.5 Å². The number of rotatable bonds is 4. The maximum atomic E-state index is 12.6. The largest absolute Gasteiger partial charge is 0.334 e. The lowest BCUT2D eigenvalue weighted by atomic mass is 9.99. The molecule has 2 aromatic carbocycles. The lowest BCUT2D eigenvalue weighted by molar-refractivity contribution is 0.0739. The van der Waals surface area contributed by atoms with Crippen LogP contribution in [0, 0.1) is 0 Å². The third kappa shape index (κ3) is 4.78. The van der Waals surface area contributed by atoms with Gasteiger partial charge in [-0.1, -0.05) is 35.9 Å². The van der Waals surface area contributed by atoms with Gasteiger partial charge in [-0.15, -0.1) is 11.3 Å². The molecule has 7 heteroatoms. The van der Waals surface area contributed by atoms with Gasteiger partial charge in [0.05, 0.1) is 4.88 Å². The van der Waals surface area contributed by atoms with Gasteiger partial charge in [-0.2, -0.15) is 0 Å². The third-order valence-corrected chi connectivity index (χ3v) is 5.97. The van der Waals surface area contributed by atoms with Crippen molar-refractivity contribution in [2.24, 2.45) is 0 Å². The Labute approximate surface area is 178 Å². The zero-order valence-electron chi connectivity index (χ0n) is 15.7. The second-order valence-electron chi connectivity index (χ2n) is 6.87. The fourth-order valence-corrected chi connectivity index (χ4v) is 4.14. The second-order valence-corrected chi connectivity index (χ2v) is 8.26. The van der Waals surface area contributed by atoms with Gasteiger partial charge in [0, 0.05) is 30.3 Å². The van der Waals surface area contributed by atoms with Gasteiger partial charge >= 0.3 is 6.03 Å². The van der Waals surface area contributed by atoms with Gasteiger partial charge in [-0.05, 0) is 58.8 Å². The van der Waals surface area contributed by atoms with Crippen LogP contribution in [0.15, 0.2) is 60.0 Å². The molecule has 2 N–H and O–H groups in total. The predicted molar refractivity (Wildman–Crippen MR) is 117 cm³/mol. The topological polar surface area (TPSA) is 61.4 Å². The Hall–Kier alpha value is -2.83. The summed E-state index contributed by atoms with van der Waals surface area (Å²) >= 11 is 7.33. The predicted octanol–water partition coefficient (Wildman–Crippen LogP) is 4.92. The summed E-state index contributed by atoms with van der Waals surface area (Å²) in [5.74, 6) is 0.0599. The van der Waals surface area contributed by atoms with E-state index in [1.165, 1.54) is 16.9 Å². The fourth-order valence-electron chi connectivity index (χ4n) is 3.32. The van der Waals surface area contributed by atoms with Crippen LogP contribution in [-0.4, -0.2) is 23.4 Å². The van der Waals surface area contributed by atoms with E-state index in [2.05, 4.69) is 10.6 Å². The Balaban J connectivity index is 1.37. The maximum Gasteiger partial charge on any atom is 0.319 e. The molecule has 5 nitrogen and oxygen atoms in total. The molecule has 3 aromatic rings. The van der Waals surface area contributed by atoms with E-state index in [0.717, 1.165) is 22.4 Å². The first-order valence-electron chi connectivity index (χ1n) is 9.32. The molecule has 4 rings (SSSR count). The molecule has 0 saturated carbocycles. The van der Waals surface area contributed by atoms with Crippen molar-refractivity contribution >= 4 is 40.6 Å². The van der Waals surface area contributed by atoms with Crippen LogP contribution < -0.4 is 10.6 Å². The quantitative estimate of drug-likeness (QED) is 0.623. The molecular weight excluding hydrogens is 406 g/mol. The summed E-state index contributed by atoms with van der Waals surface area (Å²) in [6.07, 6.45) is 0.815. The van der Waals surface area contributed by atoms with Gasteiger partial charge in [-0.3, -0.25) is 4.79 Å². The number of nitrogens with zero attached hydrogens (tertiary/aromatic N) is 1. The molecule has 3 amide bonds. The van der Waals surface area contributed by atoms with Crippen LogP contribution in [0.1, 0.15) is 26.4 Å². The zero-order chi connectivity index (χ0) is 20.2. The first-order chi connectivity index (χ1) is 14.1. The Morgan fingerprint density at radius 1 is 1.07 bits per heavy atom. The highest BCUT2D eigenvalue weighted by atomic mass is 35.5. The van der Waals surface area contributed by atoms with Gasteiger partial charge in [0.15, 0.2) is 0 Å². The molecule has 0 spiro atoms. The van der Waals surface area contributed by atoms with E-state index in [0.29, 0.717) is 30.3 Å². The first kappa shape index (κ1) is 19.5. The molecule has 2 heterocycles. The number of urea groups is 1. The number of amides is 3. The van der Waals surface area contributed by atoms with Crippen LogP contribution in [0.4, 0.5) is 10.5 Å². The standard InChI is InChI=1S/C22H20ClN3O2S/c23-18-6-3-15(4-7-18)13-24-22(28)25-19-8-5-16-9-10-26(14-17(16)12-19)21(27)20-2-1-11-29-20/h1-8,11-12H,9-10,13-14H2,(H2,24,25,28). The highest BCUT2D eigenvalue weighted by molar-refractivity contribution is 7.12. The van der Waals surface area contributed by atoms with Crippen LogP contribution >= 0.6 is 22.9 Å². The number of halogens is 1. The zero-order valence-corrected chi connectivity index (χ0v) is 17.2. The molecule has 1 aromatic heterocycles. The van der Waals surface area contributed by atoms with Crippen molar-refractivity contribution in [2.75, 3.05) is 11.9 Å². The average Bonchev–Trinajstić information content (AvgIpc) is 3.27. The lowest BCUT2D eigenvalue weighted by Gasteiger charge is -2.29. The van der Waals surface area contributed by atoms with Crippen molar-refractivity contribution in [3.05, 3.63) is 86.6 Å². The Morgan fingerprint density at radius 3 is 2.66 bits per heavy atom. The summed E-state index contributed by atoms with van der Waals surface area (Å²) in [7, 11) is 0. The van der Waals surface area contributed by atoms with E-state index in [1.54, 1.807) is 12.1 Å². The average molecular weight is 426 g/mol. The number of carbonyl (C=O) groups is 2. The van der Waals surface area contributed by atoms with Crippen molar-refractivity contribution in [1.82, 2.24) is 10.2 Å². The van der Waals surface area contributed by atoms with Crippen molar-refractivity contribution in [3.8, 4) is 0 Å². The highest BCUT2D eigenvalue weighted by Crippen LogP contribution is 2.24. The Bertz CT molecular complexity index is 1020. The van der Waals surface area contributed by atoms with E-state index in [4.69, 9.17) is 11.6 Å². The number of benzene rings is 2. The van der Waals surface area contributed by atoms with Crippen LogP contribution in [0.2, 0.25) is 5.02 Å². The van der Waals surface area contributed by atoms with E-state index in [9.17, 15) is 9.59 Å². The van der Waals surface area contributed by atoms with Crippen LogP contribution in [0.5, 0.6) is 0 Å². The van der Waals surface area contributed by atoms with Crippen molar-refractivity contribution in [1.29, 1.82) is 0 Å². The third-order valence-electron chi connectivity index (χ3n) is 4.86. The van der Waals surface area contributed by atoms with E-state index >= 15 is 0 Å². The molecule has 0 bridgehead atoms. The number of carbonyl (C=O) groups excluding carboxylic acids is 2. The minimum Gasteiger partial charge on any atom is -0.334 e. The monoisotopic (exact) mass is 425 g/mol. The summed E-state index contributed by atoms with van der Waals surface area (Å²) in [5, 5.41) is 8.28. The normalized spacial score (nSPS) is 12.9. The molecule has 148 valence electrons. The molecule has 1 aliphatic heterocycles. The second kappa shape index (κ2) is 8.68. The summed E-state index contributed by atoms with van der Waals surface area (Å²) in [4.78, 5) is 27.5. The Kier molecular flexibility index (Phi) is 5.83. The SMILES string of the molecule is O=C(NCc1ccc(Cl)cc1)Nc1ccc2c(c1)CN(C(=O)c1cccs1)CC2. The molecule has 0 unspecified atom stereocenters. The van der Waals surface area contributed by atoms with Crippen LogP contribution in [0.25, 0.3) is 0 Å². The van der Waals surface area contributed by atoms with Crippen molar-refractivity contribution in [3.63, 3.8) is 0 Å². The minimum atomic E-state index is -0.276. The van der Waals surface area contributed by atoms with Crippen molar-refractivity contribution < 1.29 is 9.59 Å². The number of thiophene rings is 1.